The van der Waals surface area contributed by atoms with E-state index >= 15 is 0 Å². The van der Waals surface area contributed by atoms with Gasteiger partial charge in [-0.25, -0.2) is 15.0 Å². The molecule has 1 atom stereocenters. The molecule has 1 fully saturated rings. The topological polar surface area (TPSA) is 84.7 Å². The van der Waals surface area contributed by atoms with E-state index in [1.165, 1.54) is 0 Å². The van der Waals surface area contributed by atoms with Gasteiger partial charge in [-0.3, -0.25) is 0 Å². The summed E-state index contributed by atoms with van der Waals surface area (Å²) in [6, 6.07) is 6.05. The quantitative estimate of drug-likeness (QED) is 0.701. The number of nitriles is 1. The molecule has 8 heteroatoms. The third kappa shape index (κ3) is 2.86. The SMILES string of the molecule is Cc1cc(N(C)C2(C)CCN(c3ncnc4[nH]ccc34)C2)nc(Cl)c1C#N. The molecule has 1 aliphatic rings. The van der Waals surface area contributed by atoms with Crippen molar-refractivity contribution in [1.29, 1.82) is 5.26 Å². The lowest BCUT2D eigenvalue weighted by Crippen LogP contribution is -2.47. The molecule has 0 spiro atoms. The van der Waals surface area contributed by atoms with Crippen molar-refractivity contribution in [3.63, 3.8) is 0 Å². The van der Waals surface area contributed by atoms with Gasteiger partial charge in [-0.15, -0.1) is 0 Å². The third-order valence-electron chi connectivity index (χ3n) is 5.51. The normalized spacial score (nSPS) is 19.4. The van der Waals surface area contributed by atoms with Crippen molar-refractivity contribution in [1.82, 2.24) is 19.9 Å². The van der Waals surface area contributed by atoms with Crippen molar-refractivity contribution < 1.29 is 0 Å². The number of H-pyrrole nitrogens is 1. The van der Waals surface area contributed by atoms with E-state index in [9.17, 15) is 5.26 Å². The monoisotopic (exact) mass is 381 g/mol. The summed E-state index contributed by atoms with van der Waals surface area (Å²) in [7, 11) is 2.03. The number of anilines is 2. The number of aromatic amines is 1. The van der Waals surface area contributed by atoms with Gasteiger partial charge in [-0.2, -0.15) is 5.26 Å². The van der Waals surface area contributed by atoms with Gasteiger partial charge in [0, 0.05) is 26.3 Å². The molecule has 27 heavy (non-hydrogen) atoms. The van der Waals surface area contributed by atoms with Gasteiger partial charge < -0.3 is 14.8 Å². The van der Waals surface area contributed by atoms with Crippen LogP contribution >= 0.6 is 11.6 Å². The van der Waals surface area contributed by atoms with Crippen molar-refractivity contribution in [3.05, 3.63) is 40.9 Å². The number of nitrogens with zero attached hydrogens (tertiary/aromatic N) is 6. The van der Waals surface area contributed by atoms with Crippen LogP contribution in [0.5, 0.6) is 0 Å². The Morgan fingerprint density at radius 3 is 2.96 bits per heavy atom. The molecule has 0 bridgehead atoms. The Balaban J connectivity index is 1.63. The van der Waals surface area contributed by atoms with E-state index in [0.29, 0.717) is 5.56 Å². The molecule has 0 radical (unpaired) electrons. The minimum Gasteiger partial charge on any atom is -0.354 e. The van der Waals surface area contributed by atoms with Crippen LogP contribution in [-0.4, -0.2) is 45.6 Å². The van der Waals surface area contributed by atoms with Crippen LogP contribution in [0.2, 0.25) is 5.15 Å². The van der Waals surface area contributed by atoms with Crippen LogP contribution in [0.25, 0.3) is 11.0 Å². The fourth-order valence-corrected chi connectivity index (χ4v) is 3.99. The first-order chi connectivity index (χ1) is 12.9. The second-order valence-corrected chi connectivity index (χ2v) is 7.60. The van der Waals surface area contributed by atoms with E-state index in [1.807, 2.05) is 32.3 Å². The zero-order valence-electron chi connectivity index (χ0n) is 15.5. The van der Waals surface area contributed by atoms with Crippen LogP contribution in [0.4, 0.5) is 11.6 Å². The van der Waals surface area contributed by atoms with Crippen LogP contribution in [0, 0.1) is 18.3 Å². The maximum atomic E-state index is 9.21. The van der Waals surface area contributed by atoms with Crippen molar-refractivity contribution in [2.45, 2.75) is 25.8 Å². The molecule has 0 amide bonds. The summed E-state index contributed by atoms with van der Waals surface area (Å²) >= 11 is 6.22. The zero-order valence-corrected chi connectivity index (χ0v) is 16.2. The van der Waals surface area contributed by atoms with E-state index in [2.05, 4.69) is 42.7 Å². The highest BCUT2D eigenvalue weighted by Gasteiger charge is 2.39. The highest BCUT2D eigenvalue weighted by atomic mass is 35.5. The number of nitrogens with one attached hydrogen (secondary N) is 1. The molecule has 1 N–H and O–H groups in total. The molecule has 0 aliphatic carbocycles. The minimum absolute atomic E-state index is 0.134. The number of pyridine rings is 1. The predicted molar refractivity (Wildman–Crippen MR) is 106 cm³/mol. The van der Waals surface area contributed by atoms with Crippen molar-refractivity contribution in [2.75, 3.05) is 29.9 Å². The Labute approximate surface area is 162 Å². The Kier molecular flexibility index (Phi) is 4.16. The van der Waals surface area contributed by atoms with E-state index < -0.39 is 0 Å². The van der Waals surface area contributed by atoms with Crippen LogP contribution < -0.4 is 9.80 Å². The van der Waals surface area contributed by atoms with Gasteiger partial charge >= 0.3 is 0 Å². The number of hydrogen-bond acceptors (Lipinski definition) is 6. The van der Waals surface area contributed by atoms with Crippen LogP contribution in [0.15, 0.2) is 24.7 Å². The summed E-state index contributed by atoms with van der Waals surface area (Å²) in [4.78, 5) is 20.8. The second kappa shape index (κ2) is 6.39. The Morgan fingerprint density at radius 1 is 1.41 bits per heavy atom. The lowest BCUT2D eigenvalue weighted by Gasteiger charge is -2.36. The van der Waals surface area contributed by atoms with Gasteiger partial charge in [0.1, 0.15) is 34.8 Å². The molecule has 7 nitrogen and oxygen atoms in total. The summed E-state index contributed by atoms with van der Waals surface area (Å²) in [5.41, 5.74) is 1.98. The first-order valence-electron chi connectivity index (χ1n) is 8.77. The standard InChI is InChI=1S/C19H20ClN7/c1-12-8-15(25-16(20)14(12)9-21)26(3)19(2)5-7-27(10-19)18-13-4-6-22-17(13)23-11-24-18/h4,6,8,11H,5,7,10H2,1-3H3,(H,22,23,24). The number of fused-ring (bicyclic) bond motifs is 1. The number of hydrogen-bond donors (Lipinski definition) is 1. The summed E-state index contributed by atoms with van der Waals surface area (Å²) in [5.74, 6) is 1.72. The molecule has 0 saturated carbocycles. The van der Waals surface area contributed by atoms with Gasteiger partial charge in [0.25, 0.3) is 0 Å². The summed E-state index contributed by atoms with van der Waals surface area (Å²) in [5, 5.41) is 10.5. The summed E-state index contributed by atoms with van der Waals surface area (Å²) in [6.45, 7) is 5.79. The Bertz CT molecular complexity index is 1030. The first kappa shape index (κ1) is 17.6. The van der Waals surface area contributed by atoms with E-state index in [4.69, 9.17) is 11.6 Å². The molecule has 1 aliphatic heterocycles. The molecule has 3 aromatic rings. The van der Waals surface area contributed by atoms with Gasteiger partial charge in [0.05, 0.1) is 16.5 Å². The zero-order chi connectivity index (χ0) is 19.2. The molecule has 1 saturated heterocycles. The van der Waals surface area contributed by atoms with E-state index in [1.54, 1.807) is 6.33 Å². The molecule has 138 valence electrons. The molecule has 4 rings (SSSR count). The smallest absolute Gasteiger partial charge is 0.149 e. The maximum absolute atomic E-state index is 9.21. The third-order valence-corrected chi connectivity index (χ3v) is 5.78. The highest BCUT2D eigenvalue weighted by Crippen LogP contribution is 2.35. The summed E-state index contributed by atoms with van der Waals surface area (Å²) in [6.07, 6.45) is 4.44. The van der Waals surface area contributed by atoms with Crippen molar-refractivity contribution in [2.24, 2.45) is 0 Å². The van der Waals surface area contributed by atoms with Crippen LogP contribution in [-0.2, 0) is 0 Å². The molecule has 1 unspecified atom stereocenters. The average molecular weight is 382 g/mol. The first-order valence-corrected chi connectivity index (χ1v) is 9.15. The Morgan fingerprint density at radius 2 is 2.22 bits per heavy atom. The number of rotatable bonds is 3. The number of likely N-dealkylation sites (N-methyl/N-ethyl adjacent to an activating group) is 1. The van der Waals surface area contributed by atoms with Crippen molar-refractivity contribution in [3.8, 4) is 6.07 Å². The lowest BCUT2D eigenvalue weighted by atomic mass is 9.99. The second-order valence-electron chi connectivity index (χ2n) is 7.24. The van der Waals surface area contributed by atoms with Crippen molar-refractivity contribution >= 4 is 34.3 Å². The fourth-order valence-electron chi connectivity index (χ4n) is 3.71. The number of halogens is 1. The van der Waals surface area contributed by atoms with Gasteiger partial charge in [-0.1, -0.05) is 11.6 Å². The molecular formula is C19H20ClN7. The fraction of sp³-hybridized carbons (Fsp3) is 0.368. The molecule has 3 aromatic heterocycles. The molecular weight excluding hydrogens is 362 g/mol. The number of aryl methyl sites for hydroxylation is 1. The van der Waals surface area contributed by atoms with Crippen LogP contribution in [0.1, 0.15) is 24.5 Å². The largest absolute Gasteiger partial charge is 0.354 e. The van der Waals surface area contributed by atoms with E-state index in [0.717, 1.165) is 47.7 Å². The highest BCUT2D eigenvalue weighted by molar-refractivity contribution is 6.30. The molecule has 0 aromatic carbocycles. The lowest BCUT2D eigenvalue weighted by molar-refractivity contribution is 0.487. The average Bonchev–Trinajstić information content (AvgIpc) is 3.28. The van der Waals surface area contributed by atoms with Gasteiger partial charge in [0.2, 0.25) is 0 Å². The Hall–Kier alpha value is -2.85. The number of aromatic nitrogens is 4. The summed E-state index contributed by atoms with van der Waals surface area (Å²) < 4.78 is 0. The van der Waals surface area contributed by atoms with Gasteiger partial charge in [0.15, 0.2) is 0 Å². The van der Waals surface area contributed by atoms with E-state index in [-0.39, 0.29) is 10.7 Å². The van der Waals surface area contributed by atoms with Gasteiger partial charge in [-0.05, 0) is 38.0 Å². The minimum atomic E-state index is -0.134. The predicted octanol–water partition coefficient (Wildman–Crippen LogP) is 3.29. The van der Waals surface area contributed by atoms with Crippen LogP contribution in [0.3, 0.4) is 0 Å². The molecule has 4 heterocycles. The maximum Gasteiger partial charge on any atom is 0.149 e.